The van der Waals surface area contributed by atoms with E-state index in [0.717, 1.165) is 11.4 Å². The van der Waals surface area contributed by atoms with Gasteiger partial charge in [0, 0.05) is 10.9 Å². The zero-order valence-electron chi connectivity index (χ0n) is 15.0. The third kappa shape index (κ3) is 2.37. The summed E-state index contributed by atoms with van der Waals surface area (Å²) >= 11 is 0. The van der Waals surface area contributed by atoms with Gasteiger partial charge in [0.1, 0.15) is 0 Å². The number of benzene rings is 2. The van der Waals surface area contributed by atoms with E-state index in [1.165, 1.54) is 9.20 Å². The summed E-state index contributed by atoms with van der Waals surface area (Å²) in [6.45, 7) is 1.83. The highest BCUT2D eigenvalue weighted by Crippen LogP contribution is 2.09. The van der Waals surface area contributed by atoms with Crippen LogP contribution in [0.15, 0.2) is 70.4 Å². The molecule has 1 N–H and O–H groups in total. The molecule has 7 nitrogen and oxygen atoms in total. The van der Waals surface area contributed by atoms with E-state index in [2.05, 4.69) is 15.2 Å². The minimum Gasteiger partial charge on any atom is -0.295 e. The van der Waals surface area contributed by atoms with Crippen LogP contribution in [0.3, 0.4) is 0 Å². The van der Waals surface area contributed by atoms with Gasteiger partial charge in [-0.05, 0) is 37.3 Å². The molecule has 2 aromatic carbocycles. The normalized spacial score (nSPS) is 12.2. The van der Waals surface area contributed by atoms with Gasteiger partial charge in [0.15, 0.2) is 5.65 Å². The van der Waals surface area contributed by atoms with Crippen LogP contribution < -0.4 is 16.3 Å². The number of aromatic amines is 1. The molecular weight excluding hydrogens is 354 g/mol. The van der Waals surface area contributed by atoms with Gasteiger partial charge in [0.2, 0.25) is 0 Å². The lowest BCUT2D eigenvalue weighted by atomic mass is 10.2. The van der Waals surface area contributed by atoms with E-state index >= 15 is 0 Å². The predicted octanol–water partition coefficient (Wildman–Crippen LogP) is 1.58. The second kappa shape index (κ2) is 6.02. The van der Waals surface area contributed by atoms with Gasteiger partial charge in [0.25, 0.3) is 11.1 Å². The van der Waals surface area contributed by atoms with E-state index in [1.54, 1.807) is 30.5 Å². The van der Waals surface area contributed by atoms with E-state index < -0.39 is 0 Å². The number of hydrogen-bond acceptors (Lipinski definition) is 4. The number of para-hydroxylation sites is 2. The van der Waals surface area contributed by atoms with E-state index in [9.17, 15) is 9.59 Å². The summed E-state index contributed by atoms with van der Waals surface area (Å²) in [6.07, 6.45) is 3.28. The Hall–Kier alpha value is -4.00. The second-order valence-electron chi connectivity index (χ2n) is 6.54. The van der Waals surface area contributed by atoms with Crippen molar-refractivity contribution < 1.29 is 0 Å². The molecule has 0 aliphatic carbocycles. The van der Waals surface area contributed by atoms with Gasteiger partial charge in [0.05, 0.1) is 28.4 Å². The molecule has 0 spiro atoms. The maximum Gasteiger partial charge on any atom is 0.282 e. The summed E-state index contributed by atoms with van der Waals surface area (Å²) in [5.41, 5.74) is 2.59. The number of fused-ring (bicyclic) bond motifs is 2. The highest BCUT2D eigenvalue weighted by Gasteiger charge is 2.12. The molecule has 0 atom stereocenters. The van der Waals surface area contributed by atoms with Gasteiger partial charge in [-0.2, -0.15) is 9.61 Å². The Morgan fingerprint density at radius 1 is 0.964 bits per heavy atom. The Bertz CT molecular complexity index is 1510. The van der Waals surface area contributed by atoms with Crippen molar-refractivity contribution in [2.24, 2.45) is 0 Å². The molecule has 0 radical (unpaired) electrons. The number of H-pyrrole nitrogens is 1. The first kappa shape index (κ1) is 16.2. The number of aryl methyl sites for hydroxylation is 1. The van der Waals surface area contributed by atoms with Crippen LogP contribution in [-0.4, -0.2) is 24.4 Å². The molecule has 0 bridgehead atoms. The molecule has 3 heterocycles. The molecule has 136 valence electrons. The molecule has 5 rings (SSSR count). The minimum absolute atomic E-state index is 0.175. The average Bonchev–Trinajstić information content (AvgIpc) is 3.25. The Kier molecular flexibility index (Phi) is 3.48. The van der Waals surface area contributed by atoms with E-state index in [1.807, 2.05) is 43.3 Å². The largest absolute Gasteiger partial charge is 0.295 e. The molecule has 0 aliphatic heterocycles. The van der Waals surface area contributed by atoms with E-state index in [0.29, 0.717) is 27.3 Å². The summed E-state index contributed by atoms with van der Waals surface area (Å²) in [7, 11) is 0. The zero-order valence-corrected chi connectivity index (χ0v) is 15.0. The van der Waals surface area contributed by atoms with Gasteiger partial charge in [-0.15, -0.1) is 0 Å². The van der Waals surface area contributed by atoms with Crippen LogP contribution in [0.4, 0.5) is 0 Å². The van der Waals surface area contributed by atoms with Crippen LogP contribution in [0.1, 0.15) is 11.3 Å². The van der Waals surface area contributed by atoms with Gasteiger partial charge >= 0.3 is 0 Å². The zero-order chi connectivity index (χ0) is 19.3. The topological polar surface area (TPSA) is 85.0 Å². The fourth-order valence-corrected chi connectivity index (χ4v) is 3.34. The molecule has 5 aromatic rings. The lowest BCUT2D eigenvalue weighted by molar-refractivity contribution is 0.835. The van der Waals surface area contributed by atoms with Gasteiger partial charge in [-0.1, -0.05) is 30.3 Å². The first-order valence-electron chi connectivity index (χ1n) is 8.79. The molecule has 7 heteroatoms. The maximum absolute atomic E-state index is 12.9. The first-order chi connectivity index (χ1) is 13.6. The molecule has 3 aromatic heterocycles. The fourth-order valence-electron chi connectivity index (χ4n) is 3.34. The lowest BCUT2D eigenvalue weighted by Crippen LogP contribution is -2.18. The molecule has 0 saturated carbocycles. The van der Waals surface area contributed by atoms with Gasteiger partial charge in [-0.3, -0.25) is 14.7 Å². The Labute approximate surface area is 158 Å². The minimum atomic E-state index is -0.229. The van der Waals surface area contributed by atoms with Crippen molar-refractivity contribution >= 4 is 22.6 Å². The number of rotatable bonds is 2. The molecule has 0 amide bonds. The number of aromatic nitrogens is 5. The number of hydrogen-bond donors (Lipinski definition) is 1. The van der Waals surface area contributed by atoms with Gasteiger partial charge < -0.3 is 0 Å². The summed E-state index contributed by atoms with van der Waals surface area (Å²) < 4.78 is 2.76. The van der Waals surface area contributed by atoms with Crippen molar-refractivity contribution in [2.75, 3.05) is 0 Å². The van der Waals surface area contributed by atoms with E-state index in [4.69, 9.17) is 0 Å². The van der Waals surface area contributed by atoms with Crippen molar-refractivity contribution in [3.8, 4) is 5.69 Å². The maximum atomic E-state index is 12.9. The van der Waals surface area contributed by atoms with Crippen LogP contribution in [-0.2, 0) is 0 Å². The van der Waals surface area contributed by atoms with Crippen molar-refractivity contribution in [3.05, 3.63) is 98.0 Å². The smallest absolute Gasteiger partial charge is 0.282 e. The average molecular weight is 369 g/mol. The van der Waals surface area contributed by atoms with Gasteiger partial charge in [-0.25, -0.2) is 9.67 Å². The summed E-state index contributed by atoms with van der Waals surface area (Å²) in [4.78, 5) is 30.1. The first-order valence-corrected chi connectivity index (χ1v) is 8.79. The molecule has 28 heavy (non-hydrogen) atoms. The van der Waals surface area contributed by atoms with E-state index in [-0.39, 0.29) is 11.1 Å². The summed E-state index contributed by atoms with van der Waals surface area (Å²) in [6, 6.07) is 16.5. The SMILES string of the molecule is Cc1[nH]n(-c2ccccc2)c(=O)c1C=c1cnn2c(=O)c3ccccc3nc12. The second-order valence-corrected chi connectivity index (χ2v) is 6.54. The predicted molar refractivity (Wildman–Crippen MR) is 107 cm³/mol. The van der Waals surface area contributed by atoms with Crippen LogP contribution in [0, 0.1) is 6.92 Å². The Balaban J connectivity index is 1.77. The summed E-state index contributed by atoms with van der Waals surface area (Å²) in [5.74, 6) is 0. The fraction of sp³-hybridized carbons (Fsp3) is 0.0476. The molecular formula is C21H15N5O2. The van der Waals surface area contributed by atoms with Crippen LogP contribution >= 0.6 is 0 Å². The van der Waals surface area contributed by atoms with Crippen molar-refractivity contribution in [3.63, 3.8) is 0 Å². The van der Waals surface area contributed by atoms with Crippen LogP contribution in [0.2, 0.25) is 0 Å². The summed E-state index contributed by atoms with van der Waals surface area (Å²) in [5, 5.41) is 8.40. The third-order valence-electron chi connectivity index (χ3n) is 4.76. The number of nitrogens with one attached hydrogen (secondary N) is 1. The molecule has 0 fully saturated rings. The highest BCUT2D eigenvalue weighted by atomic mass is 16.1. The molecule has 0 unspecified atom stereocenters. The standard InChI is InChI=1S/C21H15N5O2/c1-13-17(21(28)25(24-13)15-7-3-2-4-8-15)11-14-12-22-26-19(14)23-18-10-6-5-9-16(18)20(26)27/h2-12,24H,1H3. The Morgan fingerprint density at radius 3 is 2.54 bits per heavy atom. The van der Waals surface area contributed by atoms with Crippen molar-refractivity contribution in [2.45, 2.75) is 6.92 Å². The van der Waals surface area contributed by atoms with Crippen LogP contribution in [0.25, 0.3) is 28.3 Å². The highest BCUT2D eigenvalue weighted by molar-refractivity contribution is 5.79. The lowest BCUT2D eigenvalue weighted by Gasteiger charge is -1.99. The van der Waals surface area contributed by atoms with Crippen molar-refractivity contribution in [1.82, 2.24) is 24.4 Å². The van der Waals surface area contributed by atoms with Crippen LogP contribution in [0.5, 0.6) is 0 Å². The number of nitrogens with zero attached hydrogens (tertiary/aromatic N) is 4. The Morgan fingerprint density at radius 2 is 1.71 bits per heavy atom. The quantitative estimate of drug-likeness (QED) is 0.512. The third-order valence-corrected chi connectivity index (χ3v) is 4.76. The molecule has 0 aliphatic rings. The van der Waals surface area contributed by atoms with Crippen molar-refractivity contribution in [1.29, 1.82) is 0 Å². The monoisotopic (exact) mass is 369 g/mol. The molecule has 0 saturated heterocycles.